The van der Waals surface area contributed by atoms with Crippen LogP contribution in [0.5, 0.6) is 0 Å². The van der Waals surface area contributed by atoms with Crippen molar-refractivity contribution in [3.8, 4) is 0 Å². The lowest BCUT2D eigenvalue weighted by atomic mass is 10.1. The summed E-state index contributed by atoms with van der Waals surface area (Å²) in [6.45, 7) is 1.79. The Bertz CT molecular complexity index is 1050. The summed E-state index contributed by atoms with van der Waals surface area (Å²) in [7, 11) is -5.11. The molecular formula is C18H17NO4S2. The van der Waals surface area contributed by atoms with Gasteiger partial charge in [0.15, 0.2) is 6.29 Å². The van der Waals surface area contributed by atoms with Gasteiger partial charge in [0, 0.05) is 27.5 Å². The van der Waals surface area contributed by atoms with E-state index >= 15 is 0 Å². The van der Waals surface area contributed by atoms with Crippen LogP contribution in [0.25, 0.3) is 10.9 Å². The summed E-state index contributed by atoms with van der Waals surface area (Å²) in [6.07, 6.45) is 0.530. The maximum absolute atomic E-state index is 13.1. The highest BCUT2D eigenvalue weighted by Gasteiger charge is 2.26. The van der Waals surface area contributed by atoms with E-state index in [4.69, 9.17) is 0 Å². The van der Waals surface area contributed by atoms with Crippen molar-refractivity contribution >= 4 is 38.0 Å². The van der Waals surface area contributed by atoms with E-state index in [1.807, 2.05) is 0 Å². The summed E-state index contributed by atoms with van der Waals surface area (Å²) in [5, 5.41) is 0.630. The van der Waals surface area contributed by atoms with Crippen LogP contribution in [-0.4, -0.2) is 28.6 Å². The third-order valence-corrected chi connectivity index (χ3v) is 6.99. The Morgan fingerprint density at radius 2 is 1.68 bits per heavy atom. The molecule has 0 saturated carbocycles. The number of aldehydes is 1. The first-order valence-corrected chi connectivity index (χ1v) is 10.7. The van der Waals surface area contributed by atoms with Crippen LogP contribution in [0.4, 0.5) is 0 Å². The van der Waals surface area contributed by atoms with Crippen molar-refractivity contribution in [2.24, 2.45) is 0 Å². The summed E-state index contributed by atoms with van der Waals surface area (Å²) in [6, 6.07) is 14.9. The Hall–Kier alpha value is -2.25. The standard InChI is InChI=1S/C18H17NO4S2/c1-2-24(21)13-16-15-10-6-7-11-17(15)19(18(16)12-20)25(22,23)14-8-4-3-5-9-14/h3-12H,2,13H2,1H3. The van der Waals surface area contributed by atoms with Crippen LogP contribution in [0.15, 0.2) is 59.5 Å². The van der Waals surface area contributed by atoms with Gasteiger partial charge in [-0.15, -0.1) is 0 Å². The molecule has 1 aromatic heterocycles. The van der Waals surface area contributed by atoms with Crippen molar-refractivity contribution in [1.82, 2.24) is 3.97 Å². The number of benzene rings is 2. The highest BCUT2D eigenvalue weighted by molar-refractivity contribution is 7.90. The molecule has 25 heavy (non-hydrogen) atoms. The normalized spacial score (nSPS) is 13.0. The second kappa shape index (κ2) is 6.93. The van der Waals surface area contributed by atoms with Crippen molar-refractivity contribution in [2.75, 3.05) is 5.75 Å². The molecule has 1 unspecified atom stereocenters. The van der Waals surface area contributed by atoms with Crippen molar-refractivity contribution in [3.63, 3.8) is 0 Å². The maximum atomic E-state index is 13.1. The van der Waals surface area contributed by atoms with E-state index in [0.29, 0.717) is 28.5 Å². The van der Waals surface area contributed by atoms with Crippen LogP contribution < -0.4 is 0 Å². The highest BCUT2D eigenvalue weighted by Crippen LogP contribution is 2.30. The molecule has 2 aromatic carbocycles. The Morgan fingerprint density at radius 1 is 1.04 bits per heavy atom. The first kappa shape index (κ1) is 17.6. The number of fused-ring (bicyclic) bond motifs is 1. The lowest BCUT2D eigenvalue weighted by molar-refractivity contribution is 0.111. The molecule has 0 radical (unpaired) electrons. The Kier molecular flexibility index (Phi) is 4.87. The summed E-state index contributed by atoms with van der Waals surface area (Å²) < 4.78 is 39.4. The van der Waals surface area contributed by atoms with Crippen LogP contribution >= 0.6 is 0 Å². The van der Waals surface area contributed by atoms with Crippen LogP contribution in [0, 0.1) is 0 Å². The monoisotopic (exact) mass is 375 g/mol. The first-order valence-electron chi connectivity index (χ1n) is 7.73. The zero-order chi connectivity index (χ0) is 18.0. The molecule has 0 amide bonds. The van der Waals surface area contributed by atoms with Gasteiger partial charge < -0.3 is 0 Å². The molecule has 0 bridgehead atoms. The smallest absolute Gasteiger partial charge is 0.268 e. The van der Waals surface area contributed by atoms with Crippen LogP contribution in [0.2, 0.25) is 0 Å². The highest BCUT2D eigenvalue weighted by atomic mass is 32.2. The molecule has 1 heterocycles. The Labute approximate surface area is 148 Å². The third kappa shape index (κ3) is 3.05. The van der Waals surface area contributed by atoms with E-state index in [1.54, 1.807) is 49.4 Å². The van der Waals surface area contributed by atoms with Crippen molar-refractivity contribution in [3.05, 3.63) is 65.9 Å². The van der Waals surface area contributed by atoms with Gasteiger partial charge in [0.25, 0.3) is 10.0 Å². The largest absolute Gasteiger partial charge is 0.296 e. The fourth-order valence-corrected chi connectivity index (χ4v) is 5.16. The second-order valence-corrected chi connectivity index (χ2v) is 8.99. The fourth-order valence-electron chi connectivity index (χ4n) is 2.79. The summed E-state index contributed by atoms with van der Waals surface area (Å²) in [5.74, 6) is 0.575. The van der Waals surface area contributed by atoms with Crippen LogP contribution in [-0.2, 0) is 26.6 Å². The maximum Gasteiger partial charge on any atom is 0.268 e. The molecule has 5 nitrogen and oxygen atoms in total. The van der Waals surface area contributed by atoms with Gasteiger partial charge in [-0.3, -0.25) is 9.00 Å². The SMILES string of the molecule is CCS(=O)Cc1c(C=O)n(S(=O)(=O)c2ccccc2)c2ccccc12. The zero-order valence-corrected chi connectivity index (χ0v) is 15.2. The topological polar surface area (TPSA) is 73.2 Å². The van der Waals surface area contributed by atoms with Gasteiger partial charge in [-0.25, -0.2) is 12.4 Å². The van der Waals surface area contributed by atoms with Gasteiger partial charge in [-0.05, 0) is 18.2 Å². The zero-order valence-electron chi connectivity index (χ0n) is 13.6. The minimum atomic E-state index is -3.94. The number of hydrogen-bond donors (Lipinski definition) is 0. The van der Waals surface area contributed by atoms with E-state index in [1.165, 1.54) is 12.1 Å². The third-order valence-electron chi connectivity index (χ3n) is 4.00. The molecule has 3 rings (SSSR count). The van der Waals surface area contributed by atoms with Gasteiger partial charge >= 0.3 is 0 Å². The molecule has 1 atom stereocenters. The number of nitrogens with zero attached hydrogens (tertiary/aromatic N) is 1. The Balaban J connectivity index is 2.36. The molecular weight excluding hydrogens is 358 g/mol. The molecule has 0 spiro atoms. The lowest BCUT2D eigenvalue weighted by Gasteiger charge is -2.09. The first-order chi connectivity index (χ1) is 12.0. The van der Waals surface area contributed by atoms with Gasteiger partial charge in [-0.1, -0.05) is 43.3 Å². The molecule has 7 heteroatoms. The number of carbonyl (C=O) groups excluding carboxylic acids is 1. The molecule has 0 saturated heterocycles. The molecule has 3 aromatic rings. The van der Waals surface area contributed by atoms with E-state index in [9.17, 15) is 17.4 Å². The molecule has 0 aliphatic carbocycles. The Morgan fingerprint density at radius 3 is 2.32 bits per heavy atom. The molecule has 0 N–H and O–H groups in total. The summed E-state index contributed by atoms with van der Waals surface area (Å²) >= 11 is 0. The molecule has 0 fully saturated rings. The lowest BCUT2D eigenvalue weighted by Crippen LogP contribution is -2.16. The summed E-state index contributed by atoms with van der Waals surface area (Å²) in [4.78, 5) is 11.9. The van der Waals surface area contributed by atoms with E-state index in [-0.39, 0.29) is 16.3 Å². The molecule has 0 aliphatic heterocycles. The quantitative estimate of drug-likeness (QED) is 0.621. The predicted octanol–water partition coefficient (Wildman–Crippen LogP) is 2.96. The second-order valence-electron chi connectivity index (χ2n) is 5.45. The minimum absolute atomic E-state index is 0.0341. The predicted molar refractivity (Wildman–Crippen MR) is 98.7 cm³/mol. The number of carbonyl (C=O) groups is 1. The van der Waals surface area contributed by atoms with E-state index in [2.05, 4.69) is 0 Å². The average molecular weight is 375 g/mol. The van der Waals surface area contributed by atoms with Gasteiger partial charge in [0.1, 0.15) is 5.69 Å². The number of aromatic nitrogens is 1. The minimum Gasteiger partial charge on any atom is -0.296 e. The van der Waals surface area contributed by atoms with Crippen LogP contribution in [0.1, 0.15) is 23.0 Å². The van der Waals surface area contributed by atoms with E-state index in [0.717, 1.165) is 3.97 Å². The average Bonchev–Trinajstić information content (AvgIpc) is 2.96. The van der Waals surface area contributed by atoms with Crippen molar-refractivity contribution in [1.29, 1.82) is 0 Å². The van der Waals surface area contributed by atoms with Gasteiger partial charge in [0.05, 0.1) is 16.2 Å². The molecule has 0 aliphatic rings. The van der Waals surface area contributed by atoms with Gasteiger partial charge in [0.2, 0.25) is 0 Å². The van der Waals surface area contributed by atoms with Crippen molar-refractivity contribution < 1.29 is 17.4 Å². The summed E-state index contributed by atoms with van der Waals surface area (Å²) in [5.41, 5.74) is 0.952. The number of para-hydroxylation sites is 1. The van der Waals surface area contributed by atoms with E-state index < -0.39 is 20.8 Å². The van der Waals surface area contributed by atoms with Crippen molar-refractivity contribution in [2.45, 2.75) is 17.6 Å². The van der Waals surface area contributed by atoms with Crippen LogP contribution in [0.3, 0.4) is 0 Å². The van der Waals surface area contributed by atoms with Gasteiger partial charge in [-0.2, -0.15) is 0 Å². The number of hydrogen-bond acceptors (Lipinski definition) is 4. The fraction of sp³-hybridized carbons (Fsp3) is 0.167. The number of rotatable bonds is 6. The molecule has 130 valence electrons.